The standard InChI is InChI=1S/C7H15P/c1-6-5-7(6,2)3-4-8/h6H,3-5,8H2,1-2H3/t6-,7?/m0/s1. The minimum atomic E-state index is 0.738. The first kappa shape index (κ1) is 6.55. The highest BCUT2D eigenvalue weighted by molar-refractivity contribution is 7.16. The first-order chi connectivity index (χ1) is 3.69. The van der Waals surface area contributed by atoms with Crippen molar-refractivity contribution in [2.75, 3.05) is 6.16 Å². The maximum atomic E-state index is 2.80. The Kier molecular flexibility index (Phi) is 1.63. The van der Waals surface area contributed by atoms with E-state index in [1.807, 2.05) is 0 Å². The van der Waals surface area contributed by atoms with Gasteiger partial charge in [0.25, 0.3) is 0 Å². The van der Waals surface area contributed by atoms with E-state index < -0.39 is 0 Å². The Morgan fingerprint density at radius 1 is 1.75 bits per heavy atom. The summed E-state index contributed by atoms with van der Waals surface area (Å²) in [4.78, 5) is 0. The van der Waals surface area contributed by atoms with Gasteiger partial charge in [-0.2, -0.15) is 0 Å². The molecule has 0 radical (unpaired) electrons. The minimum absolute atomic E-state index is 0.738. The highest BCUT2D eigenvalue weighted by atomic mass is 31.0. The fraction of sp³-hybridized carbons (Fsp3) is 1.00. The van der Waals surface area contributed by atoms with Gasteiger partial charge in [0.05, 0.1) is 0 Å². The molecule has 1 saturated carbocycles. The van der Waals surface area contributed by atoms with Crippen LogP contribution < -0.4 is 0 Å². The van der Waals surface area contributed by atoms with Crippen molar-refractivity contribution in [1.82, 2.24) is 0 Å². The van der Waals surface area contributed by atoms with Crippen LogP contribution in [0.5, 0.6) is 0 Å². The van der Waals surface area contributed by atoms with Crippen LogP contribution in [0.2, 0.25) is 0 Å². The molecule has 0 bridgehead atoms. The van der Waals surface area contributed by atoms with Crippen molar-refractivity contribution in [3.63, 3.8) is 0 Å². The van der Waals surface area contributed by atoms with Crippen LogP contribution in [0.1, 0.15) is 26.7 Å². The lowest BCUT2D eigenvalue weighted by Crippen LogP contribution is -1.95. The zero-order valence-electron chi connectivity index (χ0n) is 5.78. The molecule has 0 saturated heterocycles. The van der Waals surface area contributed by atoms with Gasteiger partial charge in [-0.1, -0.05) is 13.8 Å². The predicted molar refractivity (Wildman–Crippen MR) is 41.1 cm³/mol. The van der Waals surface area contributed by atoms with Crippen LogP contribution in [0, 0.1) is 11.3 Å². The van der Waals surface area contributed by atoms with Crippen molar-refractivity contribution < 1.29 is 0 Å². The molecule has 1 aliphatic carbocycles. The molecule has 1 rings (SSSR count). The summed E-state index contributed by atoms with van der Waals surface area (Å²) in [5.74, 6) is 1.00. The second kappa shape index (κ2) is 1.99. The molecule has 0 aromatic carbocycles. The number of hydrogen-bond acceptors (Lipinski definition) is 0. The molecule has 48 valence electrons. The van der Waals surface area contributed by atoms with Crippen molar-refractivity contribution >= 4 is 9.24 Å². The van der Waals surface area contributed by atoms with Crippen LogP contribution in [0.25, 0.3) is 0 Å². The number of rotatable bonds is 2. The van der Waals surface area contributed by atoms with Crippen molar-refractivity contribution in [3.8, 4) is 0 Å². The maximum Gasteiger partial charge on any atom is -0.0294 e. The summed E-state index contributed by atoms with van der Waals surface area (Å²) < 4.78 is 0. The molecule has 0 N–H and O–H groups in total. The number of hydrogen-bond donors (Lipinski definition) is 0. The van der Waals surface area contributed by atoms with E-state index in [1.54, 1.807) is 0 Å². The largest absolute Gasteiger partial charge is 0.138 e. The monoisotopic (exact) mass is 130 g/mol. The van der Waals surface area contributed by atoms with Gasteiger partial charge in [-0.3, -0.25) is 0 Å². The summed E-state index contributed by atoms with van der Waals surface area (Å²) in [5, 5.41) is 0. The van der Waals surface area contributed by atoms with Gasteiger partial charge < -0.3 is 0 Å². The molecule has 0 aromatic heterocycles. The molecule has 0 aromatic rings. The van der Waals surface area contributed by atoms with Crippen LogP contribution in [0.4, 0.5) is 0 Å². The van der Waals surface area contributed by atoms with Gasteiger partial charge in [0.1, 0.15) is 0 Å². The average molecular weight is 130 g/mol. The quantitative estimate of drug-likeness (QED) is 0.503. The Balaban J connectivity index is 2.25. The molecule has 0 spiro atoms. The smallest absolute Gasteiger partial charge is 0.0294 e. The first-order valence-electron chi connectivity index (χ1n) is 3.39. The lowest BCUT2D eigenvalue weighted by Gasteiger charge is -2.04. The van der Waals surface area contributed by atoms with E-state index in [0.717, 1.165) is 11.3 Å². The summed E-state index contributed by atoms with van der Waals surface area (Å²) in [6.07, 6.45) is 4.14. The zero-order valence-corrected chi connectivity index (χ0v) is 6.93. The Morgan fingerprint density at radius 2 is 2.25 bits per heavy atom. The molecular weight excluding hydrogens is 115 g/mol. The van der Waals surface area contributed by atoms with Crippen molar-refractivity contribution in [1.29, 1.82) is 0 Å². The highest BCUT2D eigenvalue weighted by Crippen LogP contribution is 2.54. The summed E-state index contributed by atoms with van der Waals surface area (Å²) in [7, 11) is 2.80. The molecular formula is C7H15P. The molecule has 2 unspecified atom stereocenters. The molecule has 3 atom stereocenters. The van der Waals surface area contributed by atoms with Gasteiger partial charge >= 0.3 is 0 Å². The molecule has 1 heteroatoms. The normalized spacial score (nSPS) is 44.6. The van der Waals surface area contributed by atoms with E-state index in [4.69, 9.17) is 0 Å². The summed E-state index contributed by atoms with van der Waals surface area (Å²) in [6, 6.07) is 0. The predicted octanol–water partition coefficient (Wildman–Crippen LogP) is 2.30. The Hall–Kier alpha value is 0.430. The van der Waals surface area contributed by atoms with Gasteiger partial charge in [-0.05, 0) is 30.3 Å². The van der Waals surface area contributed by atoms with E-state index in [2.05, 4.69) is 23.1 Å². The molecule has 0 amide bonds. The fourth-order valence-electron chi connectivity index (χ4n) is 1.32. The van der Waals surface area contributed by atoms with Crippen LogP contribution in [-0.4, -0.2) is 6.16 Å². The Morgan fingerprint density at radius 3 is 2.38 bits per heavy atom. The topological polar surface area (TPSA) is 0 Å². The van der Waals surface area contributed by atoms with E-state index in [0.29, 0.717) is 0 Å². The van der Waals surface area contributed by atoms with E-state index in [9.17, 15) is 0 Å². The van der Waals surface area contributed by atoms with Crippen LogP contribution in [0.15, 0.2) is 0 Å². The molecule has 1 fully saturated rings. The third kappa shape index (κ3) is 1.05. The summed E-state index contributed by atoms with van der Waals surface area (Å²) >= 11 is 0. The van der Waals surface area contributed by atoms with E-state index in [-0.39, 0.29) is 0 Å². The molecule has 0 nitrogen and oxygen atoms in total. The summed E-state index contributed by atoms with van der Waals surface area (Å²) in [6.45, 7) is 4.74. The van der Waals surface area contributed by atoms with Gasteiger partial charge in [0.15, 0.2) is 0 Å². The summed E-state index contributed by atoms with van der Waals surface area (Å²) in [5.41, 5.74) is 0.738. The van der Waals surface area contributed by atoms with Gasteiger partial charge in [-0.25, -0.2) is 0 Å². The van der Waals surface area contributed by atoms with Gasteiger partial charge in [0, 0.05) is 0 Å². The fourth-order valence-corrected chi connectivity index (χ4v) is 1.98. The Labute approximate surface area is 54.3 Å². The molecule has 0 aliphatic heterocycles. The second-order valence-corrected chi connectivity index (χ2v) is 3.88. The third-order valence-corrected chi connectivity index (χ3v) is 2.81. The average Bonchev–Trinajstić information content (AvgIpc) is 2.16. The van der Waals surface area contributed by atoms with E-state index in [1.165, 1.54) is 19.0 Å². The zero-order chi connectivity index (χ0) is 6.20. The molecule has 1 aliphatic rings. The lowest BCUT2D eigenvalue weighted by molar-refractivity contribution is 0.506. The SMILES string of the molecule is C[C@H]1CC1(C)CCP. The van der Waals surface area contributed by atoms with Crippen LogP contribution >= 0.6 is 9.24 Å². The maximum absolute atomic E-state index is 2.80. The lowest BCUT2D eigenvalue weighted by atomic mass is 10.0. The molecule has 8 heavy (non-hydrogen) atoms. The third-order valence-electron chi connectivity index (χ3n) is 2.52. The Bertz CT molecular complexity index is 90.4. The van der Waals surface area contributed by atoms with Crippen molar-refractivity contribution in [3.05, 3.63) is 0 Å². The molecule has 0 heterocycles. The van der Waals surface area contributed by atoms with Crippen LogP contribution in [-0.2, 0) is 0 Å². The van der Waals surface area contributed by atoms with Gasteiger partial charge in [0.2, 0.25) is 0 Å². The van der Waals surface area contributed by atoms with Crippen molar-refractivity contribution in [2.45, 2.75) is 26.7 Å². The highest BCUT2D eigenvalue weighted by Gasteiger charge is 2.44. The minimum Gasteiger partial charge on any atom is -0.138 e. The second-order valence-electron chi connectivity index (χ2n) is 3.30. The van der Waals surface area contributed by atoms with Crippen molar-refractivity contribution in [2.24, 2.45) is 11.3 Å². The first-order valence-corrected chi connectivity index (χ1v) is 4.21. The van der Waals surface area contributed by atoms with Crippen LogP contribution in [0.3, 0.4) is 0 Å². The van der Waals surface area contributed by atoms with E-state index >= 15 is 0 Å². The van der Waals surface area contributed by atoms with Gasteiger partial charge in [-0.15, -0.1) is 9.24 Å².